The maximum absolute atomic E-state index is 10.2. The van der Waals surface area contributed by atoms with E-state index in [4.69, 9.17) is 10.2 Å². The van der Waals surface area contributed by atoms with Gasteiger partial charge in [0.05, 0.1) is 6.61 Å². The van der Waals surface area contributed by atoms with Gasteiger partial charge in [-0.05, 0) is 19.4 Å². The third-order valence-electron chi connectivity index (χ3n) is 2.31. The van der Waals surface area contributed by atoms with Gasteiger partial charge in [-0.15, -0.1) is 0 Å². The molecule has 1 unspecified atom stereocenters. The normalized spacial score (nSPS) is 24.2. The quantitative estimate of drug-likeness (QED) is 0.609. The fraction of sp³-hybridized carbons (Fsp3) is 0.667. The van der Waals surface area contributed by atoms with Gasteiger partial charge in [0.2, 0.25) is 0 Å². The number of carboxylic acids is 1. The summed E-state index contributed by atoms with van der Waals surface area (Å²) >= 11 is 0. The van der Waals surface area contributed by atoms with E-state index in [1.165, 1.54) is 0 Å². The van der Waals surface area contributed by atoms with Crippen LogP contribution in [-0.4, -0.2) is 46.8 Å². The summed E-state index contributed by atoms with van der Waals surface area (Å²) in [6.45, 7) is 1.74. The molecule has 74 valence electrons. The minimum absolute atomic E-state index is 0.168. The van der Waals surface area contributed by atoms with Crippen molar-refractivity contribution < 1.29 is 15.0 Å². The highest BCUT2D eigenvalue weighted by atomic mass is 16.4. The first-order valence-corrected chi connectivity index (χ1v) is 4.48. The minimum Gasteiger partial charge on any atom is -0.478 e. The molecule has 1 heterocycles. The predicted molar refractivity (Wildman–Crippen MR) is 48.5 cm³/mol. The van der Waals surface area contributed by atoms with Crippen LogP contribution in [0.3, 0.4) is 0 Å². The maximum Gasteiger partial charge on any atom is 0.328 e. The van der Waals surface area contributed by atoms with Crippen LogP contribution in [-0.2, 0) is 4.79 Å². The number of carbonyl (C=O) groups is 1. The zero-order valence-corrected chi connectivity index (χ0v) is 7.52. The molecule has 0 saturated carbocycles. The van der Waals surface area contributed by atoms with Crippen molar-refractivity contribution in [2.45, 2.75) is 18.9 Å². The van der Waals surface area contributed by atoms with E-state index < -0.39 is 5.97 Å². The summed E-state index contributed by atoms with van der Waals surface area (Å²) in [7, 11) is 0. The number of likely N-dealkylation sites (tertiary alicyclic amines) is 1. The van der Waals surface area contributed by atoms with E-state index in [-0.39, 0.29) is 12.6 Å². The van der Waals surface area contributed by atoms with E-state index >= 15 is 0 Å². The van der Waals surface area contributed by atoms with Crippen LogP contribution in [0.2, 0.25) is 0 Å². The number of carboxylic acid groups (broad SMARTS) is 1. The lowest BCUT2D eigenvalue weighted by Gasteiger charge is -2.20. The van der Waals surface area contributed by atoms with Gasteiger partial charge in [0.25, 0.3) is 0 Å². The molecule has 4 heteroatoms. The first kappa shape index (κ1) is 10.2. The van der Waals surface area contributed by atoms with Crippen molar-refractivity contribution in [1.29, 1.82) is 0 Å². The monoisotopic (exact) mass is 185 g/mol. The summed E-state index contributed by atoms with van der Waals surface area (Å²) in [5, 5.41) is 17.3. The van der Waals surface area contributed by atoms with Gasteiger partial charge in [-0.1, -0.05) is 6.08 Å². The van der Waals surface area contributed by atoms with E-state index in [2.05, 4.69) is 4.90 Å². The Hall–Kier alpha value is -0.870. The van der Waals surface area contributed by atoms with Gasteiger partial charge in [0.1, 0.15) is 0 Å². The molecule has 1 aliphatic heterocycles. The number of hydrogen-bond donors (Lipinski definition) is 2. The van der Waals surface area contributed by atoms with Crippen LogP contribution in [0.5, 0.6) is 0 Å². The van der Waals surface area contributed by atoms with Gasteiger partial charge in [0.15, 0.2) is 0 Å². The van der Waals surface area contributed by atoms with Crippen LogP contribution in [0.4, 0.5) is 0 Å². The molecule has 0 bridgehead atoms. The Bertz CT molecular complexity index is 203. The van der Waals surface area contributed by atoms with E-state index in [1.54, 1.807) is 6.08 Å². The molecule has 1 saturated heterocycles. The van der Waals surface area contributed by atoms with Gasteiger partial charge < -0.3 is 10.2 Å². The first-order chi connectivity index (χ1) is 6.24. The second kappa shape index (κ2) is 4.99. The summed E-state index contributed by atoms with van der Waals surface area (Å²) in [4.78, 5) is 12.3. The molecule has 0 aromatic heterocycles. The molecule has 0 spiro atoms. The Kier molecular flexibility index (Phi) is 3.92. The number of hydrogen-bond acceptors (Lipinski definition) is 3. The Balaban J connectivity index is 2.31. The van der Waals surface area contributed by atoms with E-state index in [0.29, 0.717) is 6.54 Å². The third kappa shape index (κ3) is 3.16. The van der Waals surface area contributed by atoms with Crippen molar-refractivity contribution >= 4 is 5.97 Å². The Labute approximate surface area is 77.5 Å². The van der Waals surface area contributed by atoms with E-state index in [9.17, 15) is 4.79 Å². The van der Waals surface area contributed by atoms with Crippen LogP contribution in [0.25, 0.3) is 0 Å². The van der Waals surface area contributed by atoms with E-state index in [1.807, 2.05) is 0 Å². The molecule has 1 rings (SSSR count). The number of rotatable bonds is 4. The average molecular weight is 185 g/mol. The molecule has 0 aromatic carbocycles. The maximum atomic E-state index is 10.2. The molecular weight excluding hydrogens is 170 g/mol. The standard InChI is InChI=1S/C9H15NO3/c11-7-8-3-1-5-10(8)6-2-4-9(12)13/h2,4,8,11H,1,3,5-7H2,(H,12,13)/b4-2+. The summed E-state index contributed by atoms with van der Waals surface area (Å²) in [5.41, 5.74) is 0. The average Bonchev–Trinajstić information content (AvgIpc) is 2.51. The van der Waals surface area contributed by atoms with E-state index in [0.717, 1.165) is 25.5 Å². The van der Waals surface area contributed by atoms with Crippen LogP contribution in [0.15, 0.2) is 12.2 Å². The van der Waals surface area contributed by atoms with Crippen molar-refractivity contribution in [3.8, 4) is 0 Å². The lowest BCUT2D eigenvalue weighted by Crippen LogP contribution is -2.32. The predicted octanol–water partition coefficient (Wildman–Crippen LogP) is 0.0839. The van der Waals surface area contributed by atoms with Crippen LogP contribution in [0.1, 0.15) is 12.8 Å². The lowest BCUT2D eigenvalue weighted by atomic mass is 10.2. The molecule has 13 heavy (non-hydrogen) atoms. The third-order valence-corrected chi connectivity index (χ3v) is 2.31. The molecule has 4 nitrogen and oxygen atoms in total. The summed E-state index contributed by atoms with van der Waals surface area (Å²) in [6.07, 6.45) is 4.87. The molecule has 1 atom stereocenters. The SMILES string of the molecule is O=C(O)/C=C/CN1CCCC1CO. The Morgan fingerprint density at radius 3 is 3.00 bits per heavy atom. The van der Waals surface area contributed by atoms with Crippen LogP contribution < -0.4 is 0 Å². The zero-order chi connectivity index (χ0) is 9.68. The lowest BCUT2D eigenvalue weighted by molar-refractivity contribution is -0.131. The topological polar surface area (TPSA) is 60.8 Å². The molecule has 0 radical (unpaired) electrons. The molecule has 0 amide bonds. The van der Waals surface area contributed by atoms with Gasteiger partial charge in [-0.25, -0.2) is 4.79 Å². The molecule has 1 aliphatic rings. The van der Waals surface area contributed by atoms with Crippen molar-refractivity contribution in [2.75, 3.05) is 19.7 Å². The van der Waals surface area contributed by atoms with Crippen LogP contribution >= 0.6 is 0 Å². The number of nitrogens with zero attached hydrogens (tertiary/aromatic N) is 1. The molecule has 2 N–H and O–H groups in total. The largest absolute Gasteiger partial charge is 0.478 e. The number of aliphatic hydroxyl groups is 1. The number of aliphatic hydroxyl groups excluding tert-OH is 1. The van der Waals surface area contributed by atoms with Crippen LogP contribution in [0, 0.1) is 0 Å². The van der Waals surface area contributed by atoms with Crippen molar-refractivity contribution in [1.82, 2.24) is 4.90 Å². The van der Waals surface area contributed by atoms with Gasteiger partial charge in [-0.3, -0.25) is 4.90 Å². The second-order valence-corrected chi connectivity index (χ2v) is 3.21. The van der Waals surface area contributed by atoms with Gasteiger partial charge in [0, 0.05) is 18.7 Å². The molecular formula is C9H15NO3. The van der Waals surface area contributed by atoms with Crippen molar-refractivity contribution in [2.24, 2.45) is 0 Å². The Morgan fingerprint density at radius 2 is 2.38 bits per heavy atom. The first-order valence-electron chi connectivity index (χ1n) is 4.48. The van der Waals surface area contributed by atoms with Crippen molar-refractivity contribution in [3.05, 3.63) is 12.2 Å². The second-order valence-electron chi connectivity index (χ2n) is 3.21. The minimum atomic E-state index is -0.917. The number of aliphatic carboxylic acids is 1. The highest BCUT2D eigenvalue weighted by molar-refractivity contribution is 5.79. The highest BCUT2D eigenvalue weighted by Gasteiger charge is 2.21. The van der Waals surface area contributed by atoms with Gasteiger partial charge in [-0.2, -0.15) is 0 Å². The smallest absolute Gasteiger partial charge is 0.328 e. The Morgan fingerprint density at radius 1 is 1.62 bits per heavy atom. The zero-order valence-electron chi connectivity index (χ0n) is 7.52. The van der Waals surface area contributed by atoms with Crippen molar-refractivity contribution in [3.63, 3.8) is 0 Å². The molecule has 1 fully saturated rings. The fourth-order valence-corrected chi connectivity index (χ4v) is 1.63. The van der Waals surface area contributed by atoms with Gasteiger partial charge >= 0.3 is 5.97 Å². The summed E-state index contributed by atoms with van der Waals surface area (Å²) in [5.74, 6) is -0.917. The fourth-order valence-electron chi connectivity index (χ4n) is 1.63. The molecule has 0 aliphatic carbocycles. The highest BCUT2D eigenvalue weighted by Crippen LogP contribution is 2.15. The summed E-state index contributed by atoms with van der Waals surface area (Å²) < 4.78 is 0. The molecule has 0 aromatic rings. The summed E-state index contributed by atoms with van der Waals surface area (Å²) in [6, 6.07) is 0.221.